The third-order valence-corrected chi connectivity index (χ3v) is 3.68. The fourth-order valence-corrected chi connectivity index (χ4v) is 2.17. The fraction of sp³-hybridized carbons (Fsp3) is 0.611. The van der Waals surface area contributed by atoms with Gasteiger partial charge in [-0.3, -0.25) is 4.99 Å². The number of aliphatic imine (C=N–C) groups is 1. The Kier molecular flexibility index (Phi) is 12.5. The predicted octanol–water partition coefficient (Wildman–Crippen LogP) is 3.61. The molecule has 0 aliphatic carbocycles. The lowest BCUT2D eigenvalue weighted by atomic mass is 10.1. The van der Waals surface area contributed by atoms with Crippen LogP contribution in [0.15, 0.2) is 23.2 Å². The molecule has 0 aliphatic rings. The van der Waals surface area contributed by atoms with Crippen LogP contribution in [0.5, 0.6) is 11.5 Å². The first-order valence-corrected chi connectivity index (χ1v) is 8.41. The van der Waals surface area contributed by atoms with Crippen LogP contribution in [0.25, 0.3) is 0 Å². The zero-order chi connectivity index (χ0) is 17.1. The monoisotopic (exact) mass is 449 g/mol. The van der Waals surface area contributed by atoms with Gasteiger partial charge in [-0.1, -0.05) is 13.0 Å². The lowest BCUT2D eigenvalue weighted by Crippen LogP contribution is -2.42. The highest BCUT2D eigenvalue weighted by Gasteiger charge is 2.06. The van der Waals surface area contributed by atoms with E-state index in [2.05, 4.69) is 41.6 Å². The van der Waals surface area contributed by atoms with Gasteiger partial charge in [0.1, 0.15) is 0 Å². The molecule has 138 valence electrons. The van der Waals surface area contributed by atoms with Gasteiger partial charge in [0.15, 0.2) is 17.5 Å². The van der Waals surface area contributed by atoms with Gasteiger partial charge in [0.05, 0.1) is 13.7 Å². The number of ether oxygens (including phenoxy) is 2. The van der Waals surface area contributed by atoms with Crippen molar-refractivity contribution in [1.29, 1.82) is 0 Å². The topological polar surface area (TPSA) is 54.9 Å². The Labute approximate surface area is 163 Å². The molecule has 1 atom stereocenters. The summed E-state index contributed by atoms with van der Waals surface area (Å²) in [4.78, 5) is 4.24. The summed E-state index contributed by atoms with van der Waals surface area (Å²) in [6.07, 6.45) is 3.09. The summed E-state index contributed by atoms with van der Waals surface area (Å²) in [5, 5.41) is 6.71. The van der Waals surface area contributed by atoms with Crippen LogP contribution >= 0.6 is 24.0 Å². The molecule has 1 aromatic rings. The molecule has 24 heavy (non-hydrogen) atoms. The second kappa shape index (κ2) is 13.1. The van der Waals surface area contributed by atoms with E-state index in [0.29, 0.717) is 12.6 Å². The standard InChI is InChI=1S/C18H31N3O2.HI/c1-6-14(3)21-18(19-4)20-12-8-9-15-10-11-16(22-5)17(13-15)23-7-2;/h10-11,13-14H,6-9,12H2,1-5H3,(H2,19,20,21);1H. The number of benzene rings is 1. The van der Waals surface area contributed by atoms with Gasteiger partial charge < -0.3 is 20.1 Å². The molecule has 0 aliphatic heterocycles. The Morgan fingerprint density at radius 2 is 2.00 bits per heavy atom. The van der Waals surface area contributed by atoms with Gasteiger partial charge in [0.25, 0.3) is 0 Å². The minimum Gasteiger partial charge on any atom is -0.493 e. The van der Waals surface area contributed by atoms with E-state index in [1.807, 2.05) is 13.0 Å². The van der Waals surface area contributed by atoms with Gasteiger partial charge in [-0.05, 0) is 50.8 Å². The molecule has 0 amide bonds. The quantitative estimate of drug-likeness (QED) is 0.262. The van der Waals surface area contributed by atoms with Crippen LogP contribution in [0.3, 0.4) is 0 Å². The summed E-state index contributed by atoms with van der Waals surface area (Å²) in [5.41, 5.74) is 1.25. The first kappa shape index (κ1) is 22.8. The summed E-state index contributed by atoms with van der Waals surface area (Å²) >= 11 is 0. The second-order valence-electron chi connectivity index (χ2n) is 5.47. The molecule has 0 saturated carbocycles. The first-order valence-electron chi connectivity index (χ1n) is 8.41. The highest BCUT2D eigenvalue weighted by molar-refractivity contribution is 14.0. The van der Waals surface area contributed by atoms with E-state index in [1.54, 1.807) is 14.2 Å². The zero-order valence-electron chi connectivity index (χ0n) is 15.5. The molecule has 5 nitrogen and oxygen atoms in total. The number of nitrogens with one attached hydrogen (secondary N) is 2. The van der Waals surface area contributed by atoms with Crippen molar-refractivity contribution in [1.82, 2.24) is 10.6 Å². The number of nitrogens with zero attached hydrogens (tertiary/aromatic N) is 1. The maximum absolute atomic E-state index is 5.62. The molecule has 1 unspecified atom stereocenters. The van der Waals surface area contributed by atoms with E-state index in [0.717, 1.165) is 43.3 Å². The Balaban J connectivity index is 0.00000529. The Bertz CT molecular complexity index is 495. The third-order valence-electron chi connectivity index (χ3n) is 3.68. The number of hydrogen-bond donors (Lipinski definition) is 2. The Morgan fingerprint density at radius 3 is 2.58 bits per heavy atom. The first-order chi connectivity index (χ1) is 11.1. The van der Waals surface area contributed by atoms with Gasteiger partial charge in [-0.15, -0.1) is 24.0 Å². The molecule has 6 heteroatoms. The summed E-state index contributed by atoms with van der Waals surface area (Å²) in [6, 6.07) is 6.55. The molecule has 1 aromatic carbocycles. The predicted molar refractivity (Wildman–Crippen MR) is 112 cm³/mol. The molecule has 0 aromatic heterocycles. The van der Waals surface area contributed by atoms with Gasteiger partial charge >= 0.3 is 0 Å². The third kappa shape index (κ3) is 8.08. The number of guanidine groups is 1. The summed E-state index contributed by atoms with van der Waals surface area (Å²) in [7, 11) is 3.47. The highest BCUT2D eigenvalue weighted by Crippen LogP contribution is 2.28. The number of hydrogen-bond acceptors (Lipinski definition) is 3. The van der Waals surface area contributed by atoms with Gasteiger partial charge in [-0.2, -0.15) is 0 Å². The van der Waals surface area contributed by atoms with Crippen LogP contribution in [-0.2, 0) is 6.42 Å². The fourth-order valence-electron chi connectivity index (χ4n) is 2.17. The molecular weight excluding hydrogens is 417 g/mol. The average molecular weight is 449 g/mol. The maximum Gasteiger partial charge on any atom is 0.191 e. The maximum atomic E-state index is 5.62. The zero-order valence-corrected chi connectivity index (χ0v) is 17.8. The molecule has 0 bridgehead atoms. The molecule has 0 saturated heterocycles. The van der Waals surface area contributed by atoms with Gasteiger partial charge in [0.2, 0.25) is 0 Å². The molecule has 0 radical (unpaired) electrons. The smallest absolute Gasteiger partial charge is 0.191 e. The van der Waals surface area contributed by atoms with Crippen molar-refractivity contribution in [3.8, 4) is 11.5 Å². The van der Waals surface area contributed by atoms with Crippen LogP contribution in [0.4, 0.5) is 0 Å². The van der Waals surface area contributed by atoms with Crippen LogP contribution in [0.2, 0.25) is 0 Å². The molecule has 0 heterocycles. The van der Waals surface area contributed by atoms with Crippen molar-refractivity contribution in [3.63, 3.8) is 0 Å². The SMILES string of the molecule is CCOc1cc(CCCNC(=NC)NC(C)CC)ccc1OC.I. The van der Waals surface area contributed by atoms with Crippen LogP contribution in [-0.4, -0.2) is 39.3 Å². The lowest BCUT2D eigenvalue weighted by Gasteiger charge is -2.16. The van der Waals surface area contributed by atoms with Crippen molar-refractivity contribution in [3.05, 3.63) is 23.8 Å². The van der Waals surface area contributed by atoms with Crippen molar-refractivity contribution >= 4 is 29.9 Å². The Hall–Kier alpha value is -1.18. The van der Waals surface area contributed by atoms with Gasteiger partial charge in [-0.25, -0.2) is 0 Å². The van der Waals surface area contributed by atoms with Crippen molar-refractivity contribution in [2.24, 2.45) is 4.99 Å². The minimum atomic E-state index is 0. The summed E-state index contributed by atoms with van der Waals surface area (Å²) < 4.78 is 10.9. The number of rotatable bonds is 9. The molecule has 0 fully saturated rings. The van der Waals surface area contributed by atoms with Crippen molar-refractivity contribution < 1.29 is 9.47 Å². The number of halogens is 1. The van der Waals surface area contributed by atoms with E-state index >= 15 is 0 Å². The van der Waals surface area contributed by atoms with E-state index in [1.165, 1.54) is 5.56 Å². The van der Waals surface area contributed by atoms with Crippen molar-refractivity contribution in [2.45, 2.75) is 46.1 Å². The number of aryl methyl sites for hydroxylation is 1. The lowest BCUT2D eigenvalue weighted by molar-refractivity contribution is 0.310. The largest absolute Gasteiger partial charge is 0.493 e. The summed E-state index contributed by atoms with van der Waals surface area (Å²) in [6.45, 7) is 7.81. The van der Waals surface area contributed by atoms with E-state index < -0.39 is 0 Å². The van der Waals surface area contributed by atoms with E-state index in [9.17, 15) is 0 Å². The second-order valence-corrected chi connectivity index (χ2v) is 5.47. The van der Waals surface area contributed by atoms with Crippen LogP contribution in [0.1, 0.15) is 39.2 Å². The number of methoxy groups -OCH3 is 1. The Morgan fingerprint density at radius 1 is 1.25 bits per heavy atom. The average Bonchev–Trinajstić information content (AvgIpc) is 2.57. The minimum absolute atomic E-state index is 0. The summed E-state index contributed by atoms with van der Waals surface area (Å²) in [5.74, 6) is 2.46. The molecule has 1 rings (SSSR count). The molecular formula is C18H32IN3O2. The molecule has 2 N–H and O–H groups in total. The van der Waals surface area contributed by atoms with Crippen molar-refractivity contribution in [2.75, 3.05) is 27.3 Å². The normalized spacial score (nSPS) is 12.1. The van der Waals surface area contributed by atoms with Crippen LogP contribution < -0.4 is 20.1 Å². The van der Waals surface area contributed by atoms with Gasteiger partial charge in [0, 0.05) is 19.6 Å². The highest BCUT2D eigenvalue weighted by atomic mass is 127. The van der Waals surface area contributed by atoms with E-state index in [-0.39, 0.29) is 24.0 Å². The van der Waals surface area contributed by atoms with Crippen LogP contribution in [0, 0.1) is 0 Å². The molecule has 0 spiro atoms. The van der Waals surface area contributed by atoms with E-state index in [4.69, 9.17) is 9.47 Å².